The number of para-hydroxylation sites is 2. The zero-order valence-electron chi connectivity index (χ0n) is 29.9. The van der Waals surface area contributed by atoms with E-state index in [4.69, 9.17) is 18.6 Å². The summed E-state index contributed by atoms with van der Waals surface area (Å²) in [4.78, 5) is 60.1. The number of rotatable bonds is 12. The van der Waals surface area contributed by atoms with Crippen LogP contribution in [0, 0.1) is 0 Å². The lowest BCUT2D eigenvalue weighted by Crippen LogP contribution is -2.31. The maximum Gasteiger partial charge on any atom is 0.272 e. The SMILES string of the molecule is COc1cc(C=C(NC(=O)c2ccccc2)C(=O)Nc2cccc(SC3CC(=O)N(c4ccc(-c5nc6ccccc6o5)cc4)C3=O)c2)cc(OC)c1OC. The van der Waals surface area contributed by atoms with Crippen LogP contribution in [0.25, 0.3) is 28.6 Å². The fourth-order valence-corrected chi connectivity index (χ4v) is 7.13. The Kier molecular flexibility index (Phi) is 10.6. The van der Waals surface area contributed by atoms with Crippen LogP contribution in [0.3, 0.4) is 0 Å². The Bertz CT molecular complexity index is 2390. The van der Waals surface area contributed by atoms with Crippen LogP contribution in [0.1, 0.15) is 22.3 Å². The summed E-state index contributed by atoms with van der Waals surface area (Å²) < 4.78 is 22.2. The number of imide groups is 1. The van der Waals surface area contributed by atoms with Gasteiger partial charge in [0.25, 0.3) is 11.8 Å². The van der Waals surface area contributed by atoms with Gasteiger partial charge in [0.2, 0.25) is 23.5 Å². The van der Waals surface area contributed by atoms with Crippen LogP contribution >= 0.6 is 11.8 Å². The molecule has 1 aliphatic heterocycles. The number of hydrogen-bond donors (Lipinski definition) is 2. The average Bonchev–Trinajstić information content (AvgIpc) is 3.77. The Morgan fingerprint density at radius 3 is 2.24 bits per heavy atom. The van der Waals surface area contributed by atoms with Crippen LogP contribution in [0.4, 0.5) is 11.4 Å². The van der Waals surface area contributed by atoms with E-state index < -0.39 is 17.1 Å². The van der Waals surface area contributed by atoms with Crippen molar-refractivity contribution in [2.24, 2.45) is 0 Å². The minimum atomic E-state index is -0.684. The van der Waals surface area contributed by atoms with Crippen LogP contribution < -0.4 is 29.7 Å². The summed E-state index contributed by atoms with van der Waals surface area (Å²) in [7, 11) is 4.44. The van der Waals surface area contributed by atoms with Crippen molar-refractivity contribution in [2.75, 3.05) is 31.5 Å². The van der Waals surface area contributed by atoms with E-state index in [1.807, 2.05) is 24.3 Å². The fourth-order valence-electron chi connectivity index (χ4n) is 6.02. The molecule has 0 saturated carbocycles. The van der Waals surface area contributed by atoms with E-state index in [0.717, 1.165) is 5.52 Å². The smallest absolute Gasteiger partial charge is 0.272 e. The largest absolute Gasteiger partial charge is 0.493 e. The minimum Gasteiger partial charge on any atom is -0.493 e. The molecule has 6 aromatic rings. The monoisotopic (exact) mass is 754 g/mol. The van der Waals surface area contributed by atoms with Crippen LogP contribution in [0.5, 0.6) is 17.2 Å². The molecular formula is C42H34N4O8S. The summed E-state index contributed by atoms with van der Waals surface area (Å²) >= 11 is 1.22. The maximum atomic E-state index is 13.8. The van der Waals surface area contributed by atoms with E-state index in [1.165, 1.54) is 44.1 Å². The molecule has 1 aromatic heterocycles. The van der Waals surface area contributed by atoms with E-state index in [1.54, 1.807) is 91.0 Å². The van der Waals surface area contributed by atoms with Crippen LogP contribution in [0.15, 0.2) is 130 Å². The molecule has 1 saturated heterocycles. The van der Waals surface area contributed by atoms with Gasteiger partial charge in [-0.15, -0.1) is 11.8 Å². The first kappa shape index (κ1) is 36.5. The number of fused-ring (bicyclic) bond motifs is 1. The first-order valence-corrected chi connectivity index (χ1v) is 17.9. The quantitative estimate of drug-likeness (QED) is 0.0959. The first-order valence-electron chi connectivity index (χ1n) is 17.0. The molecule has 12 nitrogen and oxygen atoms in total. The number of hydrogen-bond acceptors (Lipinski definition) is 10. The Morgan fingerprint density at radius 1 is 0.836 bits per heavy atom. The topological polar surface area (TPSA) is 149 Å². The van der Waals surface area contributed by atoms with Gasteiger partial charge in [-0.3, -0.25) is 19.2 Å². The Balaban J connectivity index is 1.08. The summed E-state index contributed by atoms with van der Waals surface area (Å²) in [6, 6.07) is 33.1. The normalized spacial score (nSPS) is 14.2. The number of nitrogens with zero attached hydrogens (tertiary/aromatic N) is 2. The maximum absolute atomic E-state index is 13.8. The number of thioether (sulfide) groups is 1. The third kappa shape index (κ3) is 7.92. The number of carbonyl (C=O) groups is 4. The molecule has 5 aromatic carbocycles. The molecule has 13 heteroatoms. The summed E-state index contributed by atoms with van der Waals surface area (Å²) in [5.74, 6) is -0.237. The minimum absolute atomic E-state index is 0.000155. The Morgan fingerprint density at radius 2 is 1.55 bits per heavy atom. The number of ether oxygens (including phenoxy) is 3. The van der Waals surface area contributed by atoms with Crippen molar-refractivity contribution in [1.82, 2.24) is 10.3 Å². The van der Waals surface area contributed by atoms with E-state index in [9.17, 15) is 19.2 Å². The number of anilines is 2. The van der Waals surface area contributed by atoms with Gasteiger partial charge in [0.15, 0.2) is 17.1 Å². The van der Waals surface area contributed by atoms with E-state index in [-0.39, 0.29) is 23.9 Å². The van der Waals surface area contributed by atoms with Gasteiger partial charge in [-0.05, 0) is 90.5 Å². The first-order chi connectivity index (χ1) is 26.7. The number of amides is 4. The lowest BCUT2D eigenvalue weighted by molar-refractivity contribution is -0.121. The molecule has 2 N–H and O–H groups in total. The standard InChI is InChI=1S/C42H34N4O8S/c1-51-34-21-25(22-35(52-2)38(34)53-3)20-32(44-39(48)26-10-5-4-6-11-26)40(49)43-28-12-9-13-30(23-28)55-36-24-37(47)46(42(36)50)29-18-16-27(17-19-29)41-45-31-14-7-8-15-33(31)54-41/h4-23,36H,24H2,1-3H3,(H,43,49)(H,44,48). The number of carbonyl (C=O) groups excluding carboxylic acids is 4. The molecule has 0 aliphatic carbocycles. The number of benzene rings is 5. The van der Waals surface area contributed by atoms with Crippen LogP contribution in [-0.2, 0) is 14.4 Å². The van der Waals surface area contributed by atoms with Gasteiger partial charge in [0, 0.05) is 28.1 Å². The molecule has 0 spiro atoms. The predicted molar refractivity (Wildman–Crippen MR) is 209 cm³/mol. The fraction of sp³-hybridized carbons (Fsp3) is 0.119. The molecule has 0 radical (unpaired) electrons. The van der Waals surface area contributed by atoms with Gasteiger partial charge in [0.05, 0.1) is 32.3 Å². The number of nitrogens with one attached hydrogen (secondary N) is 2. The van der Waals surface area contributed by atoms with E-state index >= 15 is 0 Å². The summed E-state index contributed by atoms with van der Waals surface area (Å²) in [5.41, 5.74) is 3.75. The third-order valence-electron chi connectivity index (χ3n) is 8.67. The van der Waals surface area contributed by atoms with Crippen molar-refractivity contribution in [3.05, 3.63) is 132 Å². The molecule has 1 unspecified atom stereocenters. The molecule has 1 aliphatic rings. The highest BCUT2D eigenvalue weighted by Crippen LogP contribution is 2.39. The van der Waals surface area contributed by atoms with Gasteiger partial charge in [0.1, 0.15) is 11.2 Å². The van der Waals surface area contributed by atoms with Crippen LogP contribution in [0.2, 0.25) is 0 Å². The van der Waals surface area contributed by atoms with Gasteiger partial charge in [-0.1, -0.05) is 36.4 Å². The molecule has 4 amide bonds. The second kappa shape index (κ2) is 16.0. The second-order valence-electron chi connectivity index (χ2n) is 12.2. The number of oxazole rings is 1. The van der Waals surface area contributed by atoms with Crippen molar-refractivity contribution >= 4 is 63.9 Å². The molecule has 1 fully saturated rings. The number of methoxy groups -OCH3 is 3. The average molecular weight is 755 g/mol. The van der Waals surface area contributed by atoms with Crippen molar-refractivity contribution in [3.63, 3.8) is 0 Å². The highest BCUT2D eigenvalue weighted by molar-refractivity contribution is 8.00. The second-order valence-corrected chi connectivity index (χ2v) is 13.5. The molecule has 55 heavy (non-hydrogen) atoms. The van der Waals surface area contributed by atoms with E-state index in [0.29, 0.717) is 61.7 Å². The Labute approximate surface area is 320 Å². The zero-order valence-corrected chi connectivity index (χ0v) is 30.7. The highest BCUT2D eigenvalue weighted by Gasteiger charge is 2.40. The van der Waals surface area contributed by atoms with Gasteiger partial charge >= 0.3 is 0 Å². The Hall–Kier alpha value is -6.86. The molecule has 2 heterocycles. The molecule has 1 atom stereocenters. The summed E-state index contributed by atoms with van der Waals surface area (Å²) in [6.45, 7) is 0. The zero-order chi connectivity index (χ0) is 38.5. The predicted octanol–water partition coefficient (Wildman–Crippen LogP) is 7.35. The lowest BCUT2D eigenvalue weighted by Gasteiger charge is -2.16. The summed E-state index contributed by atoms with van der Waals surface area (Å²) in [5, 5.41) is 4.89. The molecule has 7 rings (SSSR count). The summed E-state index contributed by atoms with van der Waals surface area (Å²) in [6.07, 6.45) is 1.50. The molecule has 0 bridgehead atoms. The van der Waals surface area contributed by atoms with E-state index in [2.05, 4.69) is 15.6 Å². The van der Waals surface area contributed by atoms with Crippen molar-refractivity contribution in [1.29, 1.82) is 0 Å². The van der Waals surface area contributed by atoms with Crippen molar-refractivity contribution < 1.29 is 37.8 Å². The lowest BCUT2D eigenvalue weighted by atomic mass is 10.1. The van der Waals surface area contributed by atoms with Gasteiger partial charge < -0.3 is 29.3 Å². The van der Waals surface area contributed by atoms with Gasteiger partial charge in [-0.2, -0.15) is 0 Å². The third-order valence-corrected chi connectivity index (χ3v) is 9.85. The molecule has 276 valence electrons. The van der Waals surface area contributed by atoms with Crippen molar-refractivity contribution in [2.45, 2.75) is 16.6 Å². The highest BCUT2D eigenvalue weighted by atomic mass is 32.2. The number of aromatic nitrogens is 1. The van der Waals surface area contributed by atoms with Crippen molar-refractivity contribution in [3.8, 4) is 28.7 Å². The van der Waals surface area contributed by atoms with Gasteiger partial charge in [-0.25, -0.2) is 9.88 Å². The van der Waals surface area contributed by atoms with Crippen LogP contribution in [-0.4, -0.2) is 55.2 Å². The molecular weight excluding hydrogens is 721 g/mol.